The summed E-state index contributed by atoms with van der Waals surface area (Å²) >= 11 is 20.8. The molecule has 0 saturated heterocycles. The Morgan fingerprint density at radius 2 is 0.607 bits per heavy atom. The van der Waals surface area contributed by atoms with Crippen LogP contribution in [-0.4, -0.2) is 83.1 Å². The van der Waals surface area contributed by atoms with Crippen molar-refractivity contribution in [3.8, 4) is 0 Å². The van der Waals surface area contributed by atoms with Crippen molar-refractivity contribution in [1.82, 2.24) is 9.80 Å². The zero-order valence-corrected chi connectivity index (χ0v) is 43.0. The third-order valence-electron chi connectivity index (χ3n) is 10.5. The van der Waals surface area contributed by atoms with Crippen LogP contribution in [0.3, 0.4) is 0 Å². The fraction of sp³-hybridized carbons (Fsp3) is 0.520. The molecule has 0 aromatic heterocycles. The van der Waals surface area contributed by atoms with Gasteiger partial charge in [-0.05, 0) is 72.7 Å². The van der Waals surface area contributed by atoms with E-state index < -0.39 is 0 Å². The summed E-state index contributed by atoms with van der Waals surface area (Å²) in [5.74, 6) is 0. The SMILES string of the molecule is C1=C[N-]c2c3c(ccc2=C1)=CC=C[N-]3.C1=C[N-]c2c3c(ccc2=C1)=CC=C[N-]3.CCCCCCN(CCCCCC)C([S-])[S-].CCCCCCN(CCCCCC)C([S-])[S-].[Ca+2]. The first-order chi connectivity index (χ1) is 29.3. The number of rotatable bonds is 22. The third kappa shape index (κ3) is 21.9. The first kappa shape index (κ1) is 55.8. The maximum atomic E-state index is 5.20. The van der Waals surface area contributed by atoms with E-state index in [4.69, 9.17) is 50.5 Å². The number of fused-ring (bicyclic) bond motifs is 6. The van der Waals surface area contributed by atoms with Gasteiger partial charge in [0.25, 0.3) is 0 Å². The number of hydrogen-bond acceptors (Lipinski definition) is 6. The van der Waals surface area contributed by atoms with E-state index in [0.717, 1.165) is 69.8 Å². The van der Waals surface area contributed by atoms with Crippen molar-refractivity contribution in [3.05, 3.63) is 116 Å². The quantitative estimate of drug-likeness (QED) is 0.0666. The van der Waals surface area contributed by atoms with Crippen LogP contribution in [0.15, 0.2) is 73.4 Å². The van der Waals surface area contributed by atoms with Crippen LogP contribution < -0.4 is 20.9 Å². The van der Waals surface area contributed by atoms with Gasteiger partial charge < -0.3 is 81.6 Å². The van der Waals surface area contributed by atoms with Gasteiger partial charge in [0.15, 0.2) is 0 Å². The summed E-state index contributed by atoms with van der Waals surface area (Å²) in [5, 5.41) is 21.9. The molecule has 61 heavy (non-hydrogen) atoms. The Balaban J connectivity index is 0.000000278. The average Bonchev–Trinajstić information content (AvgIpc) is 3.28. The minimum Gasteiger partial charge on any atom is -0.800 e. The molecule has 0 bridgehead atoms. The Morgan fingerprint density at radius 3 is 0.803 bits per heavy atom. The van der Waals surface area contributed by atoms with Crippen molar-refractivity contribution in [2.24, 2.45) is 0 Å². The second-order valence-corrected chi connectivity index (χ2v) is 17.7. The van der Waals surface area contributed by atoms with Crippen molar-refractivity contribution >= 4 is 135 Å². The fourth-order valence-electron chi connectivity index (χ4n) is 6.97. The molecule has 0 atom stereocenters. The van der Waals surface area contributed by atoms with E-state index in [9.17, 15) is 0 Å². The van der Waals surface area contributed by atoms with E-state index in [1.807, 2.05) is 24.3 Å². The number of benzene rings is 2. The van der Waals surface area contributed by atoms with Gasteiger partial charge >= 0.3 is 37.7 Å². The van der Waals surface area contributed by atoms with Crippen LogP contribution >= 0.6 is 0 Å². The first-order valence-electron chi connectivity index (χ1n) is 22.6. The Bertz CT molecular complexity index is 1620. The second kappa shape index (κ2) is 35.0. The van der Waals surface area contributed by atoms with Crippen LogP contribution in [-0.2, 0) is 50.5 Å². The van der Waals surface area contributed by atoms with Gasteiger partial charge in [-0.15, -0.1) is 22.7 Å². The van der Waals surface area contributed by atoms with Crippen molar-refractivity contribution < 1.29 is 0 Å². The van der Waals surface area contributed by atoms with E-state index in [1.165, 1.54) is 103 Å². The molecule has 2 aromatic carbocycles. The smallest absolute Gasteiger partial charge is 0.800 e. The molecule has 6 rings (SSSR count). The van der Waals surface area contributed by atoms with Crippen LogP contribution in [0.5, 0.6) is 0 Å². The minimum atomic E-state index is -0.108. The van der Waals surface area contributed by atoms with Gasteiger partial charge in [0, 0.05) is 0 Å². The van der Waals surface area contributed by atoms with E-state index >= 15 is 0 Å². The van der Waals surface area contributed by atoms with Gasteiger partial charge in [-0.1, -0.05) is 178 Å². The Kier molecular flexibility index (Phi) is 32.0. The Morgan fingerprint density at radius 1 is 0.377 bits per heavy atom. The van der Waals surface area contributed by atoms with Crippen molar-refractivity contribution in [3.63, 3.8) is 0 Å². The molecule has 0 N–H and O–H groups in total. The zero-order chi connectivity index (χ0) is 43.2. The standard InChI is InChI=1S/2C13H29NS2.2C12H8N2.Ca/c2*1-3-5-7-9-11-14(13(15)16)12-10-8-6-4-2;2*1-3-9-5-6-10-4-2-8-14-12(10)11(9)13-7-1;/h2*13,15-16H,3-12H2,1-2H3;2*1-8H;/q;;2*-2;+2/p-4. The van der Waals surface area contributed by atoms with Gasteiger partial charge in [0.1, 0.15) is 0 Å². The summed E-state index contributed by atoms with van der Waals surface area (Å²) in [6, 6.07) is 8.30. The maximum absolute atomic E-state index is 5.20. The third-order valence-corrected chi connectivity index (χ3v) is 11.7. The molecule has 0 radical (unpaired) electrons. The topological polar surface area (TPSA) is 62.9 Å². The molecule has 0 spiro atoms. The summed E-state index contributed by atoms with van der Waals surface area (Å²) in [6.07, 6.45) is 44.0. The van der Waals surface area contributed by atoms with Gasteiger partial charge in [-0.3, -0.25) is 0 Å². The molecule has 0 unspecified atom stereocenters. The summed E-state index contributed by atoms with van der Waals surface area (Å²) in [4.78, 5) is 4.58. The van der Waals surface area contributed by atoms with E-state index in [0.29, 0.717) is 0 Å². The van der Waals surface area contributed by atoms with Crippen LogP contribution in [0.2, 0.25) is 0 Å². The fourth-order valence-corrected chi connectivity index (χ4v) is 7.81. The van der Waals surface area contributed by atoms with Gasteiger partial charge in [0.05, 0.1) is 0 Å². The number of hydrogen-bond donors (Lipinski definition) is 0. The molecule has 332 valence electrons. The molecule has 4 heterocycles. The Hall–Kier alpha value is -1.34. The second-order valence-electron chi connectivity index (χ2n) is 15.4. The minimum absolute atomic E-state index is 0. The molecule has 2 aromatic rings. The molecule has 6 nitrogen and oxygen atoms in total. The van der Waals surface area contributed by atoms with Crippen LogP contribution in [0, 0.1) is 0 Å². The summed E-state index contributed by atoms with van der Waals surface area (Å²) in [6.45, 7) is 13.4. The first-order valence-corrected chi connectivity index (χ1v) is 24.5. The van der Waals surface area contributed by atoms with Crippen molar-refractivity contribution in [2.75, 3.05) is 26.2 Å². The average molecular weight is 923 g/mol. The van der Waals surface area contributed by atoms with Crippen LogP contribution in [0.25, 0.3) is 45.6 Å². The molecule has 4 aliphatic rings. The van der Waals surface area contributed by atoms with Crippen molar-refractivity contribution in [2.45, 2.75) is 140 Å². The van der Waals surface area contributed by atoms with E-state index in [-0.39, 0.29) is 47.2 Å². The number of nitrogens with zero attached hydrogens (tertiary/aromatic N) is 6. The van der Waals surface area contributed by atoms with E-state index in [1.54, 1.807) is 24.8 Å². The van der Waals surface area contributed by atoms with Crippen LogP contribution in [0.4, 0.5) is 22.7 Å². The molecule has 0 aliphatic carbocycles. The molecule has 4 aliphatic heterocycles. The molecule has 0 saturated carbocycles. The Labute approximate surface area is 422 Å². The summed E-state index contributed by atoms with van der Waals surface area (Å²) in [7, 11) is 0. The maximum Gasteiger partial charge on any atom is 2.00 e. The largest absolute Gasteiger partial charge is 2.00 e. The van der Waals surface area contributed by atoms with E-state index in [2.05, 4.69) is 107 Å². The predicted octanol–water partition coefficient (Wildman–Crippen LogP) is 11.9. The molecule has 0 fully saturated rings. The van der Waals surface area contributed by atoms with Gasteiger partial charge in [-0.25, -0.2) is 9.41 Å². The number of allylic oxidation sites excluding steroid dienone is 4. The van der Waals surface area contributed by atoms with Gasteiger partial charge in [0.2, 0.25) is 0 Å². The monoisotopic (exact) mass is 922 g/mol. The molecule has 11 heteroatoms. The summed E-state index contributed by atoms with van der Waals surface area (Å²) in [5.41, 5.74) is 3.91. The predicted molar refractivity (Wildman–Crippen MR) is 280 cm³/mol. The normalized spacial score (nSPS) is 13.2. The van der Waals surface area contributed by atoms with Crippen molar-refractivity contribution in [1.29, 1.82) is 0 Å². The molecular formula is C50H70CaN6S4-6. The van der Waals surface area contributed by atoms with Crippen LogP contribution in [0.1, 0.15) is 130 Å². The van der Waals surface area contributed by atoms with Gasteiger partial charge in [-0.2, -0.15) is 24.8 Å². The zero-order valence-electron chi connectivity index (χ0n) is 37.6. The molecular weight excluding hydrogens is 853 g/mol. The number of unbranched alkanes of at least 4 members (excludes halogenated alkanes) is 12. The molecule has 0 amide bonds. The summed E-state index contributed by atoms with van der Waals surface area (Å²) < 4.78 is -0.216.